The van der Waals surface area contributed by atoms with Gasteiger partial charge in [0.15, 0.2) is 11.0 Å². The lowest BCUT2D eigenvalue weighted by Gasteiger charge is -2.16. The number of hydrogen-bond acceptors (Lipinski definition) is 5. The van der Waals surface area contributed by atoms with Crippen LogP contribution in [0.4, 0.5) is 10.1 Å². The maximum atomic E-state index is 13.6. The van der Waals surface area contributed by atoms with Gasteiger partial charge in [0.05, 0.1) is 11.4 Å². The van der Waals surface area contributed by atoms with Gasteiger partial charge in [-0.1, -0.05) is 30.0 Å². The standard InChI is InChI=1S/C22H23FN4O2S/c1-27-20(13-29-17-11-10-15-6-2-3-7-16(15)12-17)25-26-22(27)30-14-21(28)24-19-9-5-4-8-18(19)23/h4-5,8-12H,2-3,6-7,13-14H2,1H3,(H,24,28). The maximum absolute atomic E-state index is 13.6. The minimum atomic E-state index is -0.462. The summed E-state index contributed by atoms with van der Waals surface area (Å²) < 4.78 is 21.4. The van der Waals surface area contributed by atoms with E-state index in [0.717, 1.165) is 18.6 Å². The van der Waals surface area contributed by atoms with E-state index in [2.05, 4.69) is 27.6 Å². The molecule has 4 rings (SSSR count). The molecule has 0 fully saturated rings. The molecular formula is C22H23FN4O2S. The van der Waals surface area contributed by atoms with Crippen molar-refractivity contribution in [2.24, 2.45) is 7.05 Å². The highest BCUT2D eigenvalue weighted by molar-refractivity contribution is 7.99. The highest BCUT2D eigenvalue weighted by atomic mass is 32.2. The van der Waals surface area contributed by atoms with E-state index in [-0.39, 0.29) is 17.3 Å². The van der Waals surface area contributed by atoms with Gasteiger partial charge in [-0.2, -0.15) is 0 Å². The second kappa shape index (κ2) is 9.30. The first-order valence-electron chi connectivity index (χ1n) is 9.90. The first kappa shape index (κ1) is 20.4. The summed E-state index contributed by atoms with van der Waals surface area (Å²) in [5.41, 5.74) is 2.95. The van der Waals surface area contributed by atoms with Crippen molar-refractivity contribution >= 4 is 23.4 Å². The summed E-state index contributed by atoms with van der Waals surface area (Å²) in [7, 11) is 1.84. The third-order valence-electron chi connectivity index (χ3n) is 5.09. The van der Waals surface area contributed by atoms with Crippen LogP contribution in [0.15, 0.2) is 47.6 Å². The number of nitrogens with zero attached hydrogens (tertiary/aromatic N) is 3. The number of benzene rings is 2. The molecule has 1 heterocycles. The number of thioether (sulfide) groups is 1. The van der Waals surface area contributed by atoms with Crippen LogP contribution < -0.4 is 10.1 Å². The zero-order valence-corrected chi connectivity index (χ0v) is 17.5. The summed E-state index contributed by atoms with van der Waals surface area (Å²) >= 11 is 1.24. The highest BCUT2D eigenvalue weighted by Crippen LogP contribution is 2.26. The molecule has 1 aromatic heterocycles. The van der Waals surface area contributed by atoms with Crippen LogP contribution in [0, 0.1) is 5.82 Å². The Labute approximate surface area is 178 Å². The van der Waals surface area contributed by atoms with E-state index in [4.69, 9.17) is 4.74 Å². The molecular weight excluding hydrogens is 403 g/mol. The Morgan fingerprint density at radius 2 is 1.97 bits per heavy atom. The van der Waals surface area contributed by atoms with E-state index < -0.39 is 5.82 Å². The molecule has 0 atom stereocenters. The number of ether oxygens (including phenoxy) is 1. The van der Waals surface area contributed by atoms with Crippen LogP contribution in [0.2, 0.25) is 0 Å². The Balaban J connectivity index is 1.31. The van der Waals surface area contributed by atoms with E-state index in [1.54, 1.807) is 16.7 Å². The molecule has 156 valence electrons. The van der Waals surface area contributed by atoms with Gasteiger partial charge in [-0.05, 0) is 61.1 Å². The minimum absolute atomic E-state index is 0.103. The predicted molar refractivity (Wildman–Crippen MR) is 114 cm³/mol. The quantitative estimate of drug-likeness (QED) is 0.575. The molecule has 0 radical (unpaired) electrons. The fourth-order valence-corrected chi connectivity index (χ4v) is 4.15. The van der Waals surface area contributed by atoms with Crippen molar-refractivity contribution in [1.29, 1.82) is 0 Å². The summed E-state index contributed by atoms with van der Waals surface area (Å²) in [6.45, 7) is 0.296. The highest BCUT2D eigenvalue weighted by Gasteiger charge is 2.14. The average molecular weight is 427 g/mol. The number of amides is 1. The number of para-hydroxylation sites is 1. The molecule has 6 nitrogen and oxygen atoms in total. The van der Waals surface area contributed by atoms with E-state index >= 15 is 0 Å². The van der Waals surface area contributed by atoms with Gasteiger partial charge in [0.25, 0.3) is 0 Å². The zero-order chi connectivity index (χ0) is 20.9. The van der Waals surface area contributed by atoms with Gasteiger partial charge in [0.2, 0.25) is 5.91 Å². The molecule has 30 heavy (non-hydrogen) atoms. The van der Waals surface area contributed by atoms with Gasteiger partial charge in [-0.25, -0.2) is 4.39 Å². The maximum Gasteiger partial charge on any atom is 0.234 e. The Morgan fingerprint density at radius 1 is 1.17 bits per heavy atom. The summed E-state index contributed by atoms with van der Waals surface area (Å²) in [4.78, 5) is 12.1. The molecule has 0 saturated heterocycles. The topological polar surface area (TPSA) is 69.0 Å². The van der Waals surface area contributed by atoms with Gasteiger partial charge in [-0.3, -0.25) is 4.79 Å². The number of carbonyl (C=O) groups is 1. The summed E-state index contributed by atoms with van der Waals surface area (Å²) in [6, 6.07) is 12.3. The fraction of sp³-hybridized carbons (Fsp3) is 0.318. The predicted octanol–water partition coefficient (Wildman–Crippen LogP) is 4.14. The molecule has 0 saturated carbocycles. The zero-order valence-electron chi connectivity index (χ0n) is 16.7. The van der Waals surface area contributed by atoms with Crippen LogP contribution >= 0.6 is 11.8 Å². The summed E-state index contributed by atoms with van der Waals surface area (Å²) in [6.07, 6.45) is 4.73. The second-order valence-electron chi connectivity index (χ2n) is 7.20. The largest absolute Gasteiger partial charge is 0.486 e. The monoisotopic (exact) mass is 426 g/mol. The van der Waals surface area contributed by atoms with Crippen LogP contribution in [0.1, 0.15) is 29.8 Å². The molecule has 0 spiro atoms. The fourth-order valence-electron chi connectivity index (χ4n) is 3.42. The van der Waals surface area contributed by atoms with E-state index in [1.165, 1.54) is 47.9 Å². The van der Waals surface area contributed by atoms with Crippen molar-refractivity contribution in [1.82, 2.24) is 14.8 Å². The third kappa shape index (κ3) is 4.81. The van der Waals surface area contributed by atoms with E-state index in [1.807, 2.05) is 13.1 Å². The second-order valence-corrected chi connectivity index (χ2v) is 8.14. The molecule has 1 amide bonds. The molecule has 1 aliphatic rings. The van der Waals surface area contributed by atoms with Crippen molar-refractivity contribution in [3.8, 4) is 5.75 Å². The lowest BCUT2D eigenvalue weighted by Crippen LogP contribution is -2.15. The Bertz CT molecular complexity index is 1050. The number of carbonyl (C=O) groups excluding carboxylic acids is 1. The molecule has 8 heteroatoms. The van der Waals surface area contributed by atoms with Gasteiger partial charge < -0.3 is 14.6 Å². The third-order valence-corrected chi connectivity index (χ3v) is 6.11. The van der Waals surface area contributed by atoms with Crippen molar-refractivity contribution < 1.29 is 13.9 Å². The van der Waals surface area contributed by atoms with E-state index in [0.29, 0.717) is 17.6 Å². The number of fused-ring (bicyclic) bond motifs is 1. The smallest absolute Gasteiger partial charge is 0.234 e. The van der Waals surface area contributed by atoms with Crippen LogP contribution in [0.3, 0.4) is 0 Å². The Morgan fingerprint density at radius 3 is 2.80 bits per heavy atom. The first-order valence-corrected chi connectivity index (χ1v) is 10.9. The van der Waals surface area contributed by atoms with Crippen LogP contribution in [0.25, 0.3) is 0 Å². The molecule has 1 N–H and O–H groups in total. The number of anilines is 1. The number of aromatic nitrogens is 3. The average Bonchev–Trinajstić information content (AvgIpc) is 3.11. The van der Waals surface area contributed by atoms with Crippen LogP contribution in [0.5, 0.6) is 5.75 Å². The number of hydrogen-bond donors (Lipinski definition) is 1. The van der Waals surface area contributed by atoms with Crippen molar-refractivity contribution in [3.05, 3.63) is 65.2 Å². The number of nitrogens with one attached hydrogen (secondary N) is 1. The van der Waals surface area contributed by atoms with Gasteiger partial charge in [0.1, 0.15) is 18.2 Å². The van der Waals surface area contributed by atoms with Gasteiger partial charge >= 0.3 is 0 Å². The van der Waals surface area contributed by atoms with Gasteiger partial charge in [-0.15, -0.1) is 10.2 Å². The molecule has 0 aliphatic heterocycles. The molecule has 2 aromatic carbocycles. The normalized spacial score (nSPS) is 13.0. The molecule has 1 aliphatic carbocycles. The number of halogens is 1. The Kier molecular flexibility index (Phi) is 6.32. The molecule has 3 aromatic rings. The Hall–Kier alpha value is -2.87. The van der Waals surface area contributed by atoms with Crippen molar-refractivity contribution in [2.45, 2.75) is 37.4 Å². The van der Waals surface area contributed by atoms with Crippen molar-refractivity contribution in [2.75, 3.05) is 11.1 Å². The summed E-state index contributed by atoms with van der Waals surface area (Å²) in [5.74, 6) is 0.837. The van der Waals surface area contributed by atoms with Crippen LogP contribution in [-0.4, -0.2) is 26.4 Å². The summed E-state index contributed by atoms with van der Waals surface area (Å²) in [5, 5.41) is 11.5. The lowest BCUT2D eigenvalue weighted by atomic mass is 9.92. The van der Waals surface area contributed by atoms with E-state index in [9.17, 15) is 9.18 Å². The number of aryl methyl sites for hydroxylation is 2. The first-order chi connectivity index (χ1) is 14.6. The van der Waals surface area contributed by atoms with Crippen molar-refractivity contribution in [3.63, 3.8) is 0 Å². The lowest BCUT2D eigenvalue weighted by molar-refractivity contribution is -0.113. The SMILES string of the molecule is Cn1c(COc2ccc3c(c2)CCCC3)nnc1SCC(=O)Nc1ccccc1F. The molecule has 0 unspecified atom stereocenters. The minimum Gasteiger partial charge on any atom is -0.486 e. The van der Waals surface area contributed by atoms with Gasteiger partial charge in [0, 0.05) is 7.05 Å². The number of rotatable bonds is 7. The molecule has 0 bridgehead atoms. The van der Waals surface area contributed by atoms with Crippen LogP contribution in [-0.2, 0) is 31.3 Å².